The van der Waals surface area contributed by atoms with E-state index >= 15 is 0 Å². The van der Waals surface area contributed by atoms with Crippen LogP contribution in [0.1, 0.15) is 11.7 Å². The predicted octanol–water partition coefficient (Wildman–Crippen LogP) is 7.92. The number of thioether (sulfide) groups is 2. The van der Waals surface area contributed by atoms with E-state index in [1.165, 1.54) is 42.5 Å². The summed E-state index contributed by atoms with van der Waals surface area (Å²) < 4.78 is -0.0373. The van der Waals surface area contributed by atoms with Crippen LogP contribution in [0.25, 0.3) is 32.7 Å². The van der Waals surface area contributed by atoms with E-state index in [2.05, 4.69) is 72.8 Å². The topological polar surface area (TPSA) is 20.2 Å². The Kier molecular flexibility index (Phi) is 4.76. The molecule has 150 valence electrons. The molecule has 0 fully saturated rings. The number of aliphatic hydroxyl groups is 1. The van der Waals surface area contributed by atoms with Gasteiger partial charge in [-0.2, -0.15) is 0 Å². The van der Waals surface area contributed by atoms with Crippen LogP contribution in [0.5, 0.6) is 0 Å². The van der Waals surface area contributed by atoms with E-state index in [1.54, 1.807) is 23.5 Å². The van der Waals surface area contributed by atoms with E-state index < -0.39 is 6.10 Å². The third-order valence-corrected chi connectivity index (χ3v) is 8.66. The first-order valence-electron chi connectivity index (χ1n) is 10.4. The monoisotopic (exact) mass is 436 g/mol. The minimum Gasteiger partial charge on any atom is -0.386 e. The molecule has 0 aliphatic carbocycles. The average Bonchev–Trinajstić information content (AvgIpc) is 3.01. The lowest BCUT2D eigenvalue weighted by atomic mass is 9.94. The number of hydrogen-bond acceptors (Lipinski definition) is 3. The second kappa shape index (κ2) is 7.76. The Bertz CT molecular complexity index is 1320. The zero-order valence-corrected chi connectivity index (χ0v) is 18.4. The van der Waals surface area contributed by atoms with Crippen molar-refractivity contribution in [1.82, 2.24) is 0 Å². The lowest BCUT2D eigenvalue weighted by Crippen LogP contribution is -2.11. The van der Waals surface area contributed by atoms with Crippen molar-refractivity contribution in [3.05, 3.63) is 109 Å². The highest BCUT2D eigenvalue weighted by Gasteiger charge is 2.30. The molecule has 5 aromatic carbocycles. The molecule has 0 unspecified atom stereocenters. The van der Waals surface area contributed by atoms with Crippen LogP contribution >= 0.6 is 23.5 Å². The van der Waals surface area contributed by atoms with Crippen molar-refractivity contribution in [2.24, 2.45) is 0 Å². The SMILES string of the molecule is O[C@@H](c1ccccc1)C1Sc2ccc3ccccc3c2-c2c(ccc3ccccc23)S1. The average molecular weight is 437 g/mol. The highest BCUT2D eigenvalue weighted by Crippen LogP contribution is 2.54. The normalized spacial score (nSPS) is 14.7. The van der Waals surface area contributed by atoms with Gasteiger partial charge in [0.25, 0.3) is 0 Å². The summed E-state index contributed by atoms with van der Waals surface area (Å²) >= 11 is 3.55. The van der Waals surface area contributed by atoms with Crippen molar-refractivity contribution in [3.63, 3.8) is 0 Å². The Hall–Kier alpha value is -2.72. The van der Waals surface area contributed by atoms with Crippen LogP contribution in [0.3, 0.4) is 0 Å². The first-order valence-corrected chi connectivity index (χ1v) is 12.2. The van der Waals surface area contributed by atoms with Crippen molar-refractivity contribution < 1.29 is 5.11 Å². The van der Waals surface area contributed by atoms with E-state index in [1.807, 2.05) is 30.3 Å². The summed E-state index contributed by atoms with van der Waals surface area (Å²) in [4.78, 5) is 2.45. The molecule has 0 radical (unpaired) electrons. The summed E-state index contributed by atoms with van der Waals surface area (Å²) in [6.07, 6.45) is -0.562. The Balaban J connectivity index is 1.64. The smallest absolute Gasteiger partial charge is 0.101 e. The zero-order chi connectivity index (χ0) is 20.8. The van der Waals surface area contributed by atoms with Crippen LogP contribution in [0.2, 0.25) is 0 Å². The van der Waals surface area contributed by atoms with Gasteiger partial charge in [-0.1, -0.05) is 91.0 Å². The number of benzene rings is 5. The molecule has 0 aromatic heterocycles. The van der Waals surface area contributed by atoms with Crippen molar-refractivity contribution in [3.8, 4) is 11.1 Å². The fourth-order valence-electron chi connectivity index (χ4n) is 4.43. The molecule has 1 nitrogen and oxygen atoms in total. The standard InChI is InChI=1S/C28H20OS2/c29-27(20-10-2-1-3-11-20)28-30-23-16-14-18-8-4-6-12-21(18)25(23)26-22-13-7-5-9-19(22)15-17-24(26)31-28/h1-17,27-29H/t27-/m0/s1. The van der Waals surface area contributed by atoms with E-state index in [9.17, 15) is 5.11 Å². The molecule has 1 N–H and O–H groups in total. The third-order valence-electron chi connectivity index (χ3n) is 5.92. The van der Waals surface area contributed by atoms with E-state index in [-0.39, 0.29) is 4.58 Å². The number of rotatable bonds is 2. The Morgan fingerprint density at radius 1 is 0.548 bits per heavy atom. The molecule has 0 amide bonds. The predicted molar refractivity (Wildman–Crippen MR) is 134 cm³/mol. The molecular formula is C28H20OS2. The highest BCUT2D eigenvalue weighted by atomic mass is 32.2. The maximum Gasteiger partial charge on any atom is 0.101 e. The summed E-state index contributed by atoms with van der Waals surface area (Å²) in [5.41, 5.74) is 3.52. The summed E-state index contributed by atoms with van der Waals surface area (Å²) in [5, 5.41) is 16.3. The molecule has 0 saturated carbocycles. The van der Waals surface area contributed by atoms with E-state index in [4.69, 9.17) is 0 Å². The van der Waals surface area contributed by atoms with Crippen LogP contribution in [-0.4, -0.2) is 9.69 Å². The second-order valence-corrected chi connectivity index (χ2v) is 10.4. The molecule has 0 spiro atoms. The number of hydrogen-bond donors (Lipinski definition) is 1. The van der Waals surface area contributed by atoms with Crippen LogP contribution < -0.4 is 0 Å². The number of fused-ring (bicyclic) bond motifs is 7. The Morgan fingerprint density at radius 2 is 1.03 bits per heavy atom. The van der Waals surface area contributed by atoms with Gasteiger partial charge in [0.05, 0.1) is 4.58 Å². The van der Waals surface area contributed by atoms with Crippen molar-refractivity contribution in [2.45, 2.75) is 20.5 Å². The van der Waals surface area contributed by atoms with Gasteiger partial charge in [-0.05, 0) is 39.2 Å². The Morgan fingerprint density at radius 3 is 1.58 bits per heavy atom. The molecular weight excluding hydrogens is 416 g/mol. The third kappa shape index (κ3) is 3.25. The summed E-state index contributed by atoms with van der Waals surface area (Å²) in [5.74, 6) is 0. The molecule has 5 aromatic rings. The van der Waals surface area contributed by atoms with Crippen molar-refractivity contribution in [1.29, 1.82) is 0 Å². The molecule has 0 saturated heterocycles. The quantitative estimate of drug-likeness (QED) is 0.303. The largest absolute Gasteiger partial charge is 0.386 e. The van der Waals surface area contributed by atoms with Crippen LogP contribution in [0.4, 0.5) is 0 Å². The first-order chi connectivity index (χ1) is 15.3. The van der Waals surface area contributed by atoms with Crippen molar-refractivity contribution >= 4 is 45.1 Å². The van der Waals surface area contributed by atoms with Gasteiger partial charge in [0.15, 0.2) is 0 Å². The lowest BCUT2D eigenvalue weighted by Gasteiger charge is -2.21. The van der Waals surface area contributed by atoms with Crippen LogP contribution in [0.15, 0.2) is 113 Å². The lowest BCUT2D eigenvalue weighted by molar-refractivity contribution is 0.196. The minimum absolute atomic E-state index is 0.0373. The fourth-order valence-corrected chi connectivity index (χ4v) is 7.27. The minimum atomic E-state index is -0.562. The highest BCUT2D eigenvalue weighted by molar-refractivity contribution is 8.17. The van der Waals surface area contributed by atoms with Gasteiger partial charge in [0.2, 0.25) is 0 Å². The number of aliphatic hydroxyl groups excluding tert-OH is 1. The second-order valence-electron chi connectivity index (χ2n) is 7.78. The van der Waals surface area contributed by atoms with Gasteiger partial charge >= 0.3 is 0 Å². The van der Waals surface area contributed by atoms with Gasteiger partial charge < -0.3 is 5.11 Å². The maximum absolute atomic E-state index is 11.3. The van der Waals surface area contributed by atoms with Crippen LogP contribution in [0, 0.1) is 0 Å². The van der Waals surface area contributed by atoms with E-state index in [0.29, 0.717) is 0 Å². The van der Waals surface area contributed by atoms with Crippen LogP contribution in [-0.2, 0) is 0 Å². The molecule has 1 heterocycles. The summed E-state index contributed by atoms with van der Waals surface area (Å²) in [6.45, 7) is 0. The molecule has 1 aliphatic heterocycles. The van der Waals surface area contributed by atoms with Crippen molar-refractivity contribution in [2.75, 3.05) is 0 Å². The van der Waals surface area contributed by atoms with E-state index in [0.717, 1.165) is 5.56 Å². The Labute approximate surface area is 190 Å². The summed E-state index contributed by atoms with van der Waals surface area (Å²) in [7, 11) is 0. The molecule has 3 heteroatoms. The molecule has 31 heavy (non-hydrogen) atoms. The van der Waals surface area contributed by atoms with Gasteiger partial charge in [-0.25, -0.2) is 0 Å². The maximum atomic E-state index is 11.3. The molecule has 6 rings (SSSR count). The fraction of sp³-hybridized carbons (Fsp3) is 0.0714. The van der Waals surface area contributed by atoms with Gasteiger partial charge in [-0.3, -0.25) is 0 Å². The first kappa shape index (κ1) is 19.0. The zero-order valence-electron chi connectivity index (χ0n) is 16.7. The van der Waals surface area contributed by atoms with Gasteiger partial charge in [0.1, 0.15) is 6.10 Å². The van der Waals surface area contributed by atoms with Gasteiger partial charge in [-0.15, -0.1) is 23.5 Å². The van der Waals surface area contributed by atoms with Gasteiger partial charge in [0, 0.05) is 20.9 Å². The molecule has 1 aliphatic rings. The molecule has 0 bridgehead atoms. The summed E-state index contributed by atoms with van der Waals surface area (Å²) in [6, 6.07) is 36.1. The molecule has 1 atom stereocenters.